The van der Waals surface area contributed by atoms with Crippen LogP contribution in [0.1, 0.15) is 19.3 Å². The lowest BCUT2D eigenvalue weighted by molar-refractivity contribution is -0.137. The number of aromatic nitrogens is 1. The SMILES string of the molecule is O=C(O)CC1CCCN1S(=O)(=O)c1cccnc1. The van der Waals surface area contributed by atoms with Crippen molar-refractivity contribution in [1.29, 1.82) is 0 Å². The number of carboxylic acid groups (broad SMARTS) is 1. The molecule has 1 aromatic rings. The summed E-state index contributed by atoms with van der Waals surface area (Å²) >= 11 is 0. The van der Waals surface area contributed by atoms with Gasteiger partial charge in [-0.25, -0.2) is 8.42 Å². The zero-order valence-corrected chi connectivity index (χ0v) is 10.5. The molecule has 18 heavy (non-hydrogen) atoms. The van der Waals surface area contributed by atoms with Gasteiger partial charge in [0.05, 0.1) is 6.42 Å². The number of aliphatic carboxylic acids is 1. The lowest BCUT2D eigenvalue weighted by atomic mass is 10.2. The van der Waals surface area contributed by atoms with Crippen molar-refractivity contribution in [3.63, 3.8) is 0 Å². The molecule has 0 aliphatic carbocycles. The fourth-order valence-corrected chi connectivity index (χ4v) is 3.82. The summed E-state index contributed by atoms with van der Waals surface area (Å²) in [6, 6.07) is 2.57. The third-order valence-electron chi connectivity index (χ3n) is 2.97. The minimum Gasteiger partial charge on any atom is -0.481 e. The van der Waals surface area contributed by atoms with E-state index in [0.717, 1.165) is 0 Å². The smallest absolute Gasteiger partial charge is 0.304 e. The van der Waals surface area contributed by atoms with Gasteiger partial charge in [0.2, 0.25) is 10.0 Å². The van der Waals surface area contributed by atoms with Gasteiger partial charge in [-0.05, 0) is 25.0 Å². The fraction of sp³-hybridized carbons (Fsp3) is 0.455. The second kappa shape index (κ2) is 5.03. The Labute approximate surface area is 105 Å². The molecule has 1 unspecified atom stereocenters. The monoisotopic (exact) mass is 270 g/mol. The summed E-state index contributed by atoms with van der Waals surface area (Å²) in [6.45, 7) is 0.370. The second-order valence-electron chi connectivity index (χ2n) is 4.20. The Hall–Kier alpha value is -1.47. The molecule has 1 fully saturated rings. The first-order chi connectivity index (χ1) is 8.51. The van der Waals surface area contributed by atoms with Crippen LogP contribution in [0.2, 0.25) is 0 Å². The number of carboxylic acids is 1. The second-order valence-corrected chi connectivity index (χ2v) is 6.09. The van der Waals surface area contributed by atoms with Gasteiger partial charge in [0.15, 0.2) is 0 Å². The Bertz CT molecular complexity index is 529. The number of nitrogens with zero attached hydrogens (tertiary/aromatic N) is 2. The van der Waals surface area contributed by atoms with E-state index in [1.54, 1.807) is 6.07 Å². The van der Waals surface area contributed by atoms with Gasteiger partial charge >= 0.3 is 5.97 Å². The predicted molar refractivity (Wildman–Crippen MR) is 63.4 cm³/mol. The van der Waals surface area contributed by atoms with Crippen LogP contribution in [0.3, 0.4) is 0 Å². The lowest BCUT2D eigenvalue weighted by Crippen LogP contribution is -2.36. The van der Waals surface area contributed by atoms with E-state index in [4.69, 9.17) is 5.11 Å². The summed E-state index contributed by atoms with van der Waals surface area (Å²) in [7, 11) is -3.63. The summed E-state index contributed by atoms with van der Waals surface area (Å²) in [5.74, 6) is -0.978. The number of hydrogen-bond acceptors (Lipinski definition) is 4. The van der Waals surface area contributed by atoms with Gasteiger partial charge in [-0.3, -0.25) is 9.78 Å². The summed E-state index contributed by atoms with van der Waals surface area (Å²) in [5.41, 5.74) is 0. The quantitative estimate of drug-likeness (QED) is 0.870. The number of rotatable bonds is 4. The van der Waals surface area contributed by atoms with E-state index in [2.05, 4.69) is 4.98 Å². The van der Waals surface area contributed by atoms with Crippen molar-refractivity contribution < 1.29 is 18.3 Å². The Morgan fingerprint density at radius 2 is 2.33 bits per heavy atom. The van der Waals surface area contributed by atoms with Crippen molar-refractivity contribution in [2.24, 2.45) is 0 Å². The maximum Gasteiger partial charge on any atom is 0.304 e. The highest BCUT2D eigenvalue weighted by atomic mass is 32.2. The molecule has 1 N–H and O–H groups in total. The van der Waals surface area contributed by atoms with Crippen molar-refractivity contribution in [1.82, 2.24) is 9.29 Å². The first-order valence-corrected chi connectivity index (χ1v) is 7.09. The maximum absolute atomic E-state index is 12.3. The van der Waals surface area contributed by atoms with Gasteiger partial charge in [0.1, 0.15) is 4.90 Å². The average Bonchev–Trinajstić information content (AvgIpc) is 2.78. The molecule has 6 nitrogen and oxygen atoms in total. The van der Waals surface area contributed by atoms with Crippen molar-refractivity contribution in [2.75, 3.05) is 6.54 Å². The van der Waals surface area contributed by atoms with E-state index in [0.29, 0.717) is 19.4 Å². The molecular formula is C11H14N2O4S. The molecule has 0 spiro atoms. The molecule has 98 valence electrons. The number of pyridine rings is 1. The van der Waals surface area contributed by atoms with Gasteiger partial charge in [-0.1, -0.05) is 0 Å². The standard InChI is InChI=1S/C11H14N2O4S/c14-11(15)7-9-3-2-6-13(9)18(16,17)10-4-1-5-12-8-10/h1,4-5,8-9H,2-3,6-7H2,(H,14,15). The Morgan fingerprint density at radius 1 is 1.56 bits per heavy atom. The molecule has 1 aliphatic rings. The van der Waals surface area contributed by atoms with Gasteiger partial charge in [0, 0.05) is 25.0 Å². The average molecular weight is 270 g/mol. The van der Waals surface area contributed by atoms with E-state index >= 15 is 0 Å². The van der Waals surface area contributed by atoms with Crippen molar-refractivity contribution in [3.05, 3.63) is 24.5 Å². The Morgan fingerprint density at radius 3 is 2.94 bits per heavy atom. The highest BCUT2D eigenvalue weighted by Crippen LogP contribution is 2.27. The largest absolute Gasteiger partial charge is 0.481 e. The topological polar surface area (TPSA) is 87.6 Å². The van der Waals surface area contributed by atoms with Crippen LogP contribution in [-0.4, -0.2) is 41.4 Å². The van der Waals surface area contributed by atoms with Crippen LogP contribution < -0.4 is 0 Å². The van der Waals surface area contributed by atoms with E-state index in [1.165, 1.54) is 22.8 Å². The summed E-state index contributed by atoms with van der Waals surface area (Å²) in [4.78, 5) is 14.6. The highest BCUT2D eigenvalue weighted by molar-refractivity contribution is 7.89. The highest BCUT2D eigenvalue weighted by Gasteiger charge is 2.36. The molecule has 1 atom stereocenters. The lowest BCUT2D eigenvalue weighted by Gasteiger charge is -2.22. The predicted octanol–water partition coefficient (Wildman–Crippen LogP) is 0.709. The zero-order valence-electron chi connectivity index (χ0n) is 9.69. The van der Waals surface area contributed by atoms with E-state index in [9.17, 15) is 13.2 Å². The van der Waals surface area contributed by atoms with E-state index in [-0.39, 0.29) is 11.3 Å². The van der Waals surface area contributed by atoms with Crippen LogP contribution in [-0.2, 0) is 14.8 Å². The third-order valence-corrected chi connectivity index (χ3v) is 4.91. The van der Waals surface area contributed by atoms with Crippen LogP contribution >= 0.6 is 0 Å². The molecule has 1 aliphatic heterocycles. The number of sulfonamides is 1. The summed E-state index contributed by atoms with van der Waals surface area (Å²) in [6.07, 6.45) is 3.91. The molecule has 7 heteroatoms. The summed E-state index contributed by atoms with van der Waals surface area (Å²) < 4.78 is 25.9. The molecule has 0 aromatic carbocycles. The van der Waals surface area contributed by atoms with Crippen molar-refractivity contribution >= 4 is 16.0 Å². The fourth-order valence-electron chi connectivity index (χ4n) is 2.17. The molecule has 0 amide bonds. The van der Waals surface area contributed by atoms with Crippen LogP contribution in [0, 0.1) is 0 Å². The van der Waals surface area contributed by atoms with Crippen LogP contribution in [0.5, 0.6) is 0 Å². The number of carbonyl (C=O) groups is 1. The van der Waals surface area contributed by atoms with Crippen LogP contribution in [0.4, 0.5) is 0 Å². The van der Waals surface area contributed by atoms with E-state index in [1.807, 2.05) is 0 Å². The molecular weight excluding hydrogens is 256 g/mol. The zero-order chi connectivity index (χ0) is 13.2. The van der Waals surface area contributed by atoms with Crippen molar-refractivity contribution in [2.45, 2.75) is 30.2 Å². The molecule has 0 bridgehead atoms. The summed E-state index contributed by atoms with van der Waals surface area (Å²) in [5, 5.41) is 8.79. The molecule has 0 saturated carbocycles. The first-order valence-electron chi connectivity index (χ1n) is 5.65. The van der Waals surface area contributed by atoms with Gasteiger partial charge in [0.25, 0.3) is 0 Å². The van der Waals surface area contributed by atoms with Gasteiger partial charge in [-0.15, -0.1) is 0 Å². The molecule has 2 rings (SSSR count). The van der Waals surface area contributed by atoms with Crippen LogP contribution in [0.25, 0.3) is 0 Å². The normalized spacial score (nSPS) is 21.0. The van der Waals surface area contributed by atoms with Crippen LogP contribution in [0.15, 0.2) is 29.4 Å². The van der Waals surface area contributed by atoms with Gasteiger partial charge < -0.3 is 5.11 Å². The first kappa shape index (κ1) is 13.0. The Kier molecular flexibility index (Phi) is 3.63. The van der Waals surface area contributed by atoms with Gasteiger partial charge in [-0.2, -0.15) is 4.31 Å². The molecule has 1 aromatic heterocycles. The minimum atomic E-state index is -3.63. The molecule has 0 radical (unpaired) electrons. The maximum atomic E-state index is 12.3. The van der Waals surface area contributed by atoms with Crippen molar-refractivity contribution in [3.8, 4) is 0 Å². The molecule has 2 heterocycles. The minimum absolute atomic E-state index is 0.113. The Balaban J connectivity index is 2.27. The number of hydrogen-bond donors (Lipinski definition) is 1. The third kappa shape index (κ3) is 2.51. The molecule has 1 saturated heterocycles. The van der Waals surface area contributed by atoms with E-state index < -0.39 is 22.0 Å².